The summed E-state index contributed by atoms with van der Waals surface area (Å²) in [5.41, 5.74) is 1.89. The molecular weight excluding hydrogens is 206 g/mol. The van der Waals surface area contributed by atoms with Gasteiger partial charge in [-0.25, -0.2) is 4.79 Å². The highest BCUT2D eigenvalue weighted by Gasteiger charge is 2.16. The van der Waals surface area contributed by atoms with Crippen LogP contribution < -0.4 is 0 Å². The number of aromatic hydroxyl groups is 1. The number of rotatable bonds is 1. The minimum Gasteiger partial charge on any atom is -0.507 e. The normalized spacial score (nSPS) is 10.6. The monoisotopic (exact) mass is 217 g/mol. The van der Waals surface area contributed by atoms with Gasteiger partial charge < -0.3 is 10.2 Å². The molecule has 0 radical (unpaired) electrons. The van der Waals surface area contributed by atoms with Crippen molar-refractivity contribution in [1.82, 2.24) is 4.98 Å². The molecule has 82 valence electrons. The van der Waals surface area contributed by atoms with E-state index in [1.54, 1.807) is 13.0 Å². The first-order valence-electron chi connectivity index (χ1n) is 4.84. The Morgan fingerprint density at radius 3 is 2.62 bits per heavy atom. The van der Waals surface area contributed by atoms with Crippen LogP contribution in [0.3, 0.4) is 0 Å². The summed E-state index contributed by atoms with van der Waals surface area (Å²) in [6, 6.07) is 4.94. The summed E-state index contributed by atoms with van der Waals surface area (Å²) in [7, 11) is 0. The van der Waals surface area contributed by atoms with E-state index < -0.39 is 5.97 Å². The maximum absolute atomic E-state index is 11.1. The van der Waals surface area contributed by atoms with Crippen LogP contribution in [0.2, 0.25) is 0 Å². The summed E-state index contributed by atoms with van der Waals surface area (Å²) < 4.78 is 0. The Hall–Kier alpha value is -2.10. The van der Waals surface area contributed by atoms with Gasteiger partial charge in [-0.1, -0.05) is 0 Å². The number of phenols is 1. The molecule has 0 saturated carbocycles. The zero-order valence-electron chi connectivity index (χ0n) is 8.98. The lowest BCUT2D eigenvalue weighted by Crippen LogP contribution is -2.01. The number of hydrogen-bond acceptors (Lipinski definition) is 3. The highest BCUT2D eigenvalue weighted by molar-refractivity contribution is 6.05. The Balaban J connectivity index is 2.97. The second-order valence-electron chi connectivity index (χ2n) is 3.74. The van der Waals surface area contributed by atoms with E-state index >= 15 is 0 Å². The molecule has 0 fully saturated rings. The topological polar surface area (TPSA) is 70.4 Å². The molecule has 0 unspecified atom stereocenters. The Labute approximate surface area is 92.2 Å². The van der Waals surface area contributed by atoms with Crippen LogP contribution in [0.4, 0.5) is 0 Å². The van der Waals surface area contributed by atoms with Crippen LogP contribution >= 0.6 is 0 Å². The zero-order valence-corrected chi connectivity index (χ0v) is 8.98. The van der Waals surface area contributed by atoms with Crippen molar-refractivity contribution >= 4 is 16.9 Å². The largest absolute Gasteiger partial charge is 0.507 e. The number of carboxylic acid groups (broad SMARTS) is 1. The van der Waals surface area contributed by atoms with Crippen molar-refractivity contribution in [2.24, 2.45) is 0 Å². The van der Waals surface area contributed by atoms with E-state index in [2.05, 4.69) is 4.98 Å². The van der Waals surface area contributed by atoms with Gasteiger partial charge in [-0.2, -0.15) is 0 Å². The van der Waals surface area contributed by atoms with Gasteiger partial charge in [0, 0.05) is 11.1 Å². The summed E-state index contributed by atoms with van der Waals surface area (Å²) >= 11 is 0. The van der Waals surface area contributed by atoms with Crippen molar-refractivity contribution < 1.29 is 15.0 Å². The van der Waals surface area contributed by atoms with E-state index in [1.165, 1.54) is 6.07 Å². The summed E-state index contributed by atoms with van der Waals surface area (Å²) in [4.78, 5) is 15.2. The molecular formula is C12H11NO3. The number of carboxylic acids is 1. The number of pyridine rings is 1. The number of benzene rings is 1. The van der Waals surface area contributed by atoms with E-state index in [0.717, 1.165) is 16.6 Å². The molecule has 4 nitrogen and oxygen atoms in total. The number of fused-ring (bicyclic) bond motifs is 1. The quantitative estimate of drug-likeness (QED) is 0.768. The van der Waals surface area contributed by atoms with Crippen LogP contribution in [0.15, 0.2) is 18.2 Å². The lowest BCUT2D eigenvalue weighted by molar-refractivity contribution is 0.0696. The van der Waals surface area contributed by atoms with Crippen molar-refractivity contribution in [2.45, 2.75) is 13.8 Å². The van der Waals surface area contributed by atoms with Gasteiger partial charge in [-0.15, -0.1) is 0 Å². The maximum Gasteiger partial charge on any atom is 0.341 e. The van der Waals surface area contributed by atoms with Crippen molar-refractivity contribution in [3.8, 4) is 5.75 Å². The fraction of sp³-hybridized carbons (Fsp3) is 0.167. The van der Waals surface area contributed by atoms with Crippen LogP contribution in [-0.4, -0.2) is 21.2 Å². The van der Waals surface area contributed by atoms with Gasteiger partial charge in [0.2, 0.25) is 0 Å². The van der Waals surface area contributed by atoms with Crippen molar-refractivity contribution in [3.63, 3.8) is 0 Å². The Bertz CT molecular complexity index is 590. The number of hydrogen-bond donors (Lipinski definition) is 2. The molecule has 0 atom stereocenters. The number of aromatic carboxylic acids is 1. The second-order valence-corrected chi connectivity index (χ2v) is 3.74. The van der Waals surface area contributed by atoms with E-state index in [0.29, 0.717) is 5.52 Å². The van der Waals surface area contributed by atoms with E-state index in [1.807, 2.05) is 13.0 Å². The SMILES string of the molecule is Cc1cc(C)c2ccc(O)c(C(=O)O)c2n1. The highest BCUT2D eigenvalue weighted by atomic mass is 16.4. The molecule has 0 aliphatic heterocycles. The molecule has 16 heavy (non-hydrogen) atoms. The standard InChI is InChI=1S/C12H11NO3/c1-6-5-7(2)13-11-8(6)3-4-9(14)10(11)12(15)16/h3-5,14H,1-2H3,(H,15,16). The number of aromatic nitrogens is 1. The summed E-state index contributed by atoms with van der Waals surface area (Å²) in [5.74, 6) is -1.42. The third-order valence-corrected chi connectivity index (χ3v) is 2.51. The Morgan fingerprint density at radius 1 is 1.31 bits per heavy atom. The Kier molecular flexibility index (Phi) is 2.27. The second kappa shape index (κ2) is 3.48. The number of aryl methyl sites for hydroxylation is 2. The molecule has 1 heterocycles. The van der Waals surface area contributed by atoms with E-state index in [-0.39, 0.29) is 11.3 Å². The number of carbonyl (C=O) groups is 1. The zero-order chi connectivity index (χ0) is 11.9. The van der Waals surface area contributed by atoms with Gasteiger partial charge in [0.25, 0.3) is 0 Å². The molecule has 0 saturated heterocycles. The van der Waals surface area contributed by atoms with Gasteiger partial charge in [0.1, 0.15) is 11.3 Å². The summed E-state index contributed by atoms with van der Waals surface area (Å²) in [6.07, 6.45) is 0. The first-order valence-corrected chi connectivity index (χ1v) is 4.84. The van der Waals surface area contributed by atoms with Crippen LogP contribution in [0.5, 0.6) is 5.75 Å². The van der Waals surface area contributed by atoms with Gasteiger partial charge in [-0.3, -0.25) is 4.98 Å². The first kappa shape index (κ1) is 10.4. The minimum atomic E-state index is -1.17. The van der Waals surface area contributed by atoms with Crippen LogP contribution in [0, 0.1) is 13.8 Å². The predicted octanol–water partition coefficient (Wildman–Crippen LogP) is 2.26. The van der Waals surface area contributed by atoms with Gasteiger partial charge >= 0.3 is 5.97 Å². The van der Waals surface area contributed by atoms with Gasteiger partial charge in [0.15, 0.2) is 0 Å². The lowest BCUT2D eigenvalue weighted by atomic mass is 10.0. The molecule has 0 aliphatic carbocycles. The van der Waals surface area contributed by atoms with E-state index in [4.69, 9.17) is 5.11 Å². The fourth-order valence-corrected chi connectivity index (χ4v) is 1.83. The maximum atomic E-state index is 11.1. The smallest absolute Gasteiger partial charge is 0.341 e. The van der Waals surface area contributed by atoms with Gasteiger partial charge in [0.05, 0.1) is 5.52 Å². The third-order valence-electron chi connectivity index (χ3n) is 2.51. The fourth-order valence-electron chi connectivity index (χ4n) is 1.83. The molecule has 4 heteroatoms. The minimum absolute atomic E-state index is 0.135. The molecule has 2 rings (SSSR count). The molecule has 0 bridgehead atoms. The Morgan fingerprint density at radius 2 is 2.00 bits per heavy atom. The molecule has 2 aromatic rings. The average Bonchev–Trinajstić information content (AvgIpc) is 2.15. The predicted molar refractivity (Wildman–Crippen MR) is 59.8 cm³/mol. The van der Waals surface area contributed by atoms with Crippen LogP contribution in [0.25, 0.3) is 10.9 Å². The summed E-state index contributed by atoms with van der Waals surface area (Å²) in [6.45, 7) is 3.68. The van der Waals surface area contributed by atoms with Crippen LogP contribution in [-0.2, 0) is 0 Å². The molecule has 0 aliphatic rings. The summed E-state index contributed by atoms with van der Waals surface area (Å²) in [5, 5.41) is 19.3. The average molecular weight is 217 g/mol. The molecule has 1 aromatic carbocycles. The molecule has 0 amide bonds. The third kappa shape index (κ3) is 1.48. The van der Waals surface area contributed by atoms with Crippen molar-refractivity contribution in [2.75, 3.05) is 0 Å². The number of nitrogens with zero attached hydrogens (tertiary/aromatic N) is 1. The van der Waals surface area contributed by atoms with Crippen molar-refractivity contribution in [1.29, 1.82) is 0 Å². The lowest BCUT2D eigenvalue weighted by Gasteiger charge is -2.07. The molecule has 2 N–H and O–H groups in total. The highest BCUT2D eigenvalue weighted by Crippen LogP contribution is 2.28. The first-order chi connectivity index (χ1) is 7.50. The van der Waals surface area contributed by atoms with Gasteiger partial charge in [-0.05, 0) is 37.6 Å². The van der Waals surface area contributed by atoms with E-state index in [9.17, 15) is 9.90 Å². The van der Waals surface area contributed by atoms with Crippen LogP contribution in [0.1, 0.15) is 21.6 Å². The van der Waals surface area contributed by atoms with Crippen molar-refractivity contribution in [3.05, 3.63) is 35.0 Å². The molecule has 1 aromatic heterocycles. The molecule has 0 spiro atoms.